The molecule has 9 heteroatoms. The molecule has 1 fully saturated rings. The van der Waals surface area contributed by atoms with Crippen LogP contribution in [-0.2, 0) is 16.4 Å². The van der Waals surface area contributed by atoms with Crippen LogP contribution in [0.15, 0.2) is 41.3 Å². The SMILES string of the molecule is COc1ccc(C(=O)NCCc2ccc3c(c2)OCO3)cc1S(=O)(=O)N[C@H]1CCCC[C@@H]1C. The number of ether oxygens (including phenoxy) is 3. The molecule has 2 aromatic rings. The Morgan fingerprint density at radius 1 is 1.09 bits per heavy atom. The summed E-state index contributed by atoms with van der Waals surface area (Å²) in [6.07, 6.45) is 4.52. The summed E-state index contributed by atoms with van der Waals surface area (Å²) in [6, 6.07) is 10.0. The molecule has 0 spiro atoms. The molecule has 1 amide bonds. The number of carbonyl (C=O) groups excluding carboxylic acids is 1. The van der Waals surface area contributed by atoms with E-state index in [0.717, 1.165) is 31.2 Å². The summed E-state index contributed by atoms with van der Waals surface area (Å²) < 4.78 is 45.1. The van der Waals surface area contributed by atoms with E-state index in [2.05, 4.69) is 17.0 Å². The van der Waals surface area contributed by atoms with Crippen molar-refractivity contribution < 1.29 is 27.4 Å². The maximum Gasteiger partial charge on any atom is 0.251 e. The molecule has 1 aliphatic heterocycles. The molecule has 2 aliphatic rings. The Morgan fingerprint density at radius 2 is 1.88 bits per heavy atom. The summed E-state index contributed by atoms with van der Waals surface area (Å²) in [4.78, 5) is 12.7. The van der Waals surface area contributed by atoms with Gasteiger partial charge in [0.1, 0.15) is 10.6 Å². The molecule has 1 heterocycles. The second-order valence-corrected chi connectivity index (χ2v) is 10.2. The molecule has 2 atom stereocenters. The van der Waals surface area contributed by atoms with E-state index in [1.807, 2.05) is 18.2 Å². The fourth-order valence-electron chi connectivity index (χ4n) is 4.30. The van der Waals surface area contributed by atoms with Gasteiger partial charge in [0.05, 0.1) is 7.11 Å². The zero-order chi connectivity index (χ0) is 23.4. The number of carbonyl (C=O) groups is 1. The standard InChI is InChI=1S/C24H30N2O6S/c1-16-5-3-4-6-19(16)26-33(28,29)23-14-18(8-10-21(23)30-2)24(27)25-12-11-17-7-9-20-22(13-17)32-15-31-20/h7-10,13-14,16,19,26H,3-6,11-12,15H2,1-2H3,(H,25,27)/t16-,19-/m0/s1. The number of methoxy groups -OCH3 is 1. The molecule has 1 saturated carbocycles. The molecule has 2 N–H and O–H groups in total. The maximum atomic E-state index is 13.1. The summed E-state index contributed by atoms with van der Waals surface area (Å²) in [5, 5.41) is 2.85. The Kier molecular flexibility index (Phi) is 7.09. The summed E-state index contributed by atoms with van der Waals surface area (Å²) in [7, 11) is -2.42. The van der Waals surface area contributed by atoms with Gasteiger partial charge in [0, 0.05) is 18.2 Å². The minimum Gasteiger partial charge on any atom is -0.495 e. The lowest BCUT2D eigenvalue weighted by Gasteiger charge is -2.29. The predicted octanol–water partition coefficient (Wildman–Crippen LogP) is 3.25. The van der Waals surface area contributed by atoms with Gasteiger partial charge in [-0.1, -0.05) is 25.8 Å². The third-order valence-corrected chi connectivity index (χ3v) is 7.78. The minimum atomic E-state index is -3.84. The Labute approximate surface area is 194 Å². The first-order valence-corrected chi connectivity index (χ1v) is 12.7. The van der Waals surface area contributed by atoms with E-state index >= 15 is 0 Å². The second kappa shape index (κ2) is 10.0. The molecule has 0 aromatic heterocycles. The Balaban J connectivity index is 1.43. The van der Waals surface area contributed by atoms with Crippen LogP contribution in [0.5, 0.6) is 17.2 Å². The summed E-state index contributed by atoms with van der Waals surface area (Å²) >= 11 is 0. The molecule has 8 nitrogen and oxygen atoms in total. The topological polar surface area (TPSA) is 103 Å². The Bertz CT molecular complexity index is 1120. The second-order valence-electron chi connectivity index (χ2n) is 8.55. The summed E-state index contributed by atoms with van der Waals surface area (Å²) in [5.41, 5.74) is 1.27. The predicted molar refractivity (Wildman–Crippen MR) is 123 cm³/mol. The highest BCUT2D eigenvalue weighted by Gasteiger charge is 2.29. The fourth-order valence-corrected chi connectivity index (χ4v) is 5.87. The molecule has 0 unspecified atom stereocenters. The largest absolute Gasteiger partial charge is 0.495 e. The van der Waals surface area contributed by atoms with Gasteiger partial charge in [-0.3, -0.25) is 4.79 Å². The van der Waals surface area contributed by atoms with Gasteiger partial charge in [0.2, 0.25) is 16.8 Å². The zero-order valence-corrected chi connectivity index (χ0v) is 19.7. The molecular formula is C24H30N2O6S. The average molecular weight is 475 g/mol. The minimum absolute atomic E-state index is 0.0220. The smallest absolute Gasteiger partial charge is 0.251 e. The van der Waals surface area contributed by atoms with Crippen LogP contribution >= 0.6 is 0 Å². The lowest BCUT2D eigenvalue weighted by atomic mass is 9.87. The number of fused-ring (bicyclic) bond motifs is 1. The van der Waals surface area contributed by atoms with Gasteiger partial charge in [-0.2, -0.15) is 0 Å². The van der Waals surface area contributed by atoms with Crippen molar-refractivity contribution in [2.75, 3.05) is 20.4 Å². The Hall–Kier alpha value is -2.78. The lowest BCUT2D eigenvalue weighted by molar-refractivity contribution is 0.0954. The quantitative estimate of drug-likeness (QED) is 0.609. The third-order valence-electron chi connectivity index (χ3n) is 6.27. The van der Waals surface area contributed by atoms with Crippen molar-refractivity contribution in [1.29, 1.82) is 0 Å². The lowest BCUT2D eigenvalue weighted by Crippen LogP contribution is -2.41. The molecule has 33 heavy (non-hydrogen) atoms. The molecular weight excluding hydrogens is 444 g/mol. The average Bonchev–Trinajstić information content (AvgIpc) is 3.28. The van der Waals surface area contributed by atoms with Crippen LogP contribution in [0, 0.1) is 5.92 Å². The van der Waals surface area contributed by atoms with E-state index in [0.29, 0.717) is 24.5 Å². The van der Waals surface area contributed by atoms with Crippen molar-refractivity contribution >= 4 is 15.9 Å². The number of sulfonamides is 1. The van der Waals surface area contributed by atoms with Crippen LogP contribution in [-0.4, -0.2) is 40.8 Å². The molecule has 178 valence electrons. The number of benzene rings is 2. The molecule has 0 saturated heterocycles. The number of amides is 1. The van der Waals surface area contributed by atoms with Crippen molar-refractivity contribution in [3.8, 4) is 17.2 Å². The number of rotatable bonds is 8. The van der Waals surface area contributed by atoms with E-state index in [-0.39, 0.29) is 40.9 Å². The van der Waals surface area contributed by atoms with Crippen LogP contribution in [0.2, 0.25) is 0 Å². The van der Waals surface area contributed by atoms with Crippen molar-refractivity contribution in [1.82, 2.24) is 10.0 Å². The molecule has 0 bridgehead atoms. The first-order chi connectivity index (χ1) is 15.9. The Morgan fingerprint density at radius 3 is 2.67 bits per heavy atom. The van der Waals surface area contributed by atoms with Gasteiger partial charge in [0.15, 0.2) is 11.5 Å². The van der Waals surface area contributed by atoms with E-state index < -0.39 is 10.0 Å². The van der Waals surface area contributed by atoms with Gasteiger partial charge >= 0.3 is 0 Å². The van der Waals surface area contributed by atoms with Crippen molar-refractivity contribution in [3.63, 3.8) is 0 Å². The maximum absolute atomic E-state index is 13.1. The number of hydrogen-bond donors (Lipinski definition) is 2. The van der Waals surface area contributed by atoms with E-state index in [1.165, 1.54) is 19.2 Å². The van der Waals surface area contributed by atoms with Crippen LogP contribution < -0.4 is 24.2 Å². The van der Waals surface area contributed by atoms with Crippen LogP contribution in [0.3, 0.4) is 0 Å². The van der Waals surface area contributed by atoms with Crippen LogP contribution in [0.4, 0.5) is 0 Å². The van der Waals surface area contributed by atoms with Gasteiger partial charge < -0.3 is 19.5 Å². The van der Waals surface area contributed by atoms with Crippen molar-refractivity contribution in [2.24, 2.45) is 5.92 Å². The van der Waals surface area contributed by atoms with Crippen LogP contribution in [0.25, 0.3) is 0 Å². The van der Waals surface area contributed by atoms with Gasteiger partial charge in [0.25, 0.3) is 5.91 Å². The third kappa shape index (κ3) is 5.42. The highest BCUT2D eigenvalue weighted by Crippen LogP contribution is 2.32. The van der Waals surface area contributed by atoms with E-state index in [9.17, 15) is 13.2 Å². The number of hydrogen-bond acceptors (Lipinski definition) is 6. The highest BCUT2D eigenvalue weighted by atomic mass is 32.2. The summed E-state index contributed by atoms with van der Waals surface area (Å²) in [6.45, 7) is 2.67. The van der Waals surface area contributed by atoms with Gasteiger partial charge in [-0.15, -0.1) is 0 Å². The molecule has 0 radical (unpaired) electrons. The monoisotopic (exact) mass is 474 g/mol. The van der Waals surface area contributed by atoms with E-state index in [1.54, 1.807) is 6.07 Å². The normalized spacial score (nSPS) is 19.8. The van der Waals surface area contributed by atoms with Gasteiger partial charge in [-0.05, 0) is 61.1 Å². The zero-order valence-electron chi connectivity index (χ0n) is 18.9. The fraction of sp³-hybridized carbons (Fsp3) is 0.458. The highest BCUT2D eigenvalue weighted by molar-refractivity contribution is 7.89. The molecule has 2 aromatic carbocycles. The molecule has 4 rings (SSSR count). The van der Waals surface area contributed by atoms with Crippen molar-refractivity contribution in [3.05, 3.63) is 47.5 Å². The number of nitrogens with one attached hydrogen (secondary N) is 2. The van der Waals surface area contributed by atoms with Crippen molar-refractivity contribution in [2.45, 2.75) is 50.0 Å². The summed E-state index contributed by atoms with van der Waals surface area (Å²) in [5.74, 6) is 1.54. The first kappa shape index (κ1) is 23.4. The molecule has 1 aliphatic carbocycles. The first-order valence-electron chi connectivity index (χ1n) is 11.2. The van der Waals surface area contributed by atoms with Gasteiger partial charge in [-0.25, -0.2) is 13.1 Å². The van der Waals surface area contributed by atoms with Crippen LogP contribution in [0.1, 0.15) is 48.5 Å². The van der Waals surface area contributed by atoms with E-state index in [4.69, 9.17) is 14.2 Å².